The Bertz CT molecular complexity index is 325. The van der Waals surface area contributed by atoms with Crippen molar-refractivity contribution in [3.8, 4) is 0 Å². The molecule has 0 spiro atoms. The summed E-state index contributed by atoms with van der Waals surface area (Å²) >= 11 is 5.97. The summed E-state index contributed by atoms with van der Waals surface area (Å²) in [5.41, 5.74) is 1.96. The van der Waals surface area contributed by atoms with Crippen LogP contribution in [0.15, 0.2) is 18.2 Å². The molecule has 0 aliphatic carbocycles. The highest BCUT2D eigenvalue weighted by Gasteiger charge is 2.12. The zero-order valence-corrected chi connectivity index (χ0v) is 10.3. The zero-order chi connectivity index (χ0) is 11.4. The van der Waals surface area contributed by atoms with Crippen LogP contribution in [0, 0.1) is 0 Å². The maximum Gasteiger partial charge on any atom is 0.0702 e. The van der Waals surface area contributed by atoms with Crippen LogP contribution in [-0.2, 0) is 6.61 Å². The second kappa shape index (κ2) is 5.38. The number of hydrogen-bond donors (Lipinski definition) is 1. The van der Waals surface area contributed by atoms with E-state index in [0.29, 0.717) is 11.1 Å². The molecule has 0 radical (unpaired) electrons. The Morgan fingerprint density at radius 2 is 2.07 bits per heavy atom. The fourth-order valence-electron chi connectivity index (χ4n) is 1.75. The molecule has 1 aromatic rings. The van der Waals surface area contributed by atoms with Gasteiger partial charge >= 0.3 is 0 Å². The second-order valence-electron chi connectivity index (χ2n) is 3.81. The summed E-state index contributed by atoms with van der Waals surface area (Å²) in [5.74, 6) is 0. The first-order valence-corrected chi connectivity index (χ1v) is 5.63. The topological polar surface area (TPSA) is 23.5 Å². The summed E-state index contributed by atoms with van der Waals surface area (Å²) in [6.07, 6.45) is 0. The first-order valence-electron chi connectivity index (χ1n) is 5.26. The molecule has 3 heteroatoms. The largest absolute Gasteiger partial charge is 0.392 e. The van der Waals surface area contributed by atoms with Crippen LogP contribution >= 0.6 is 11.6 Å². The number of rotatable bonds is 4. The molecular weight excluding hydrogens is 210 g/mol. The Balaban J connectivity index is 3.13. The Kier molecular flexibility index (Phi) is 4.43. The molecule has 0 bridgehead atoms. The van der Waals surface area contributed by atoms with Crippen molar-refractivity contribution in [3.63, 3.8) is 0 Å². The van der Waals surface area contributed by atoms with Gasteiger partial charge in [-0.25, -0.2) is 0 Å². The standard InChI is InChI=1S/C12H18ClNO/c1-4-14(9(2)3)12-7-11(13)6-5-10(12)8-15/h5-7,9,15H,4,8H2,1-3H3. The van der Waals surface area contributed by atoms with E-state index in [-0.39, 0.29) is 6.61 Å². The minimum Gasteiger partial charge on any atom is -0.392 e. The molecule has 84 valence electrons. The molecule has 2 nitrogen and oxygen atoms in total. The number of nitrogens with zero attached hydrogens (tertiary/aromatic N) is 1. The lowest BCUT2D eigenvalue weighted by Crippen LogP contribution is -2.31. The Morgan fingerprint density at radius 3 is 2.53 bits per heavy atom. The fourth-order valence-corrected chi connectivity index (χ4v) is 1.92. The van der Waals surface area contributed by atoms with Crippen LogP contribution in [0.2, 0.25) is 5.02 Å². The molecule has 0 aliphatic rings. The molecule has 0 saturated carbocycles. The number of halogens is 1. The minimum atomic E-state index is 0.0513. The van der Waals surface area contributed by atoms with E-state index in [1.165, 1.54) is 0 Å². The normalized spacial score (nSPS) is 10.8. The fraction of sp³-hybridized carbons (Fsp3) is 0.500. The van der Waals surface area contributed by atoms with Crippen molar-refractivity contribution in [1.82, 2.24) is 0 Å². The van der Waals surface area contributed by atoms with E-state index in [2.05, 4.69) is 25.7 Å². The van der Waals surface area contributed by atoms with E-state index in [4.69, 9.17) is 11.6 Å². The summed E-state index contributed by atoms with van der Waals surface area (Å²) in [7, 11) is 0. The lowest BCUT2D eigenvalue weighted by molar-refractivity contribution is 0.282. The van der Waals surface area contributed by atoms with Crippen LogP contribution in [0.1, 0.15) is 26.3 Å². The van der Waals surface area contributed by atoms with Gasteiger partial charge in [0.1, 0.15) is 0 Å². The molecule has 1 aromatic carbocycles. The lowest BCUT2D eigenvalue weighted by atomic mass is 10.1. The third kappa shape index (κ3) is 2.86. The predicted molar refractivity (Wildman–Crippen MR) is 65.5 cm³/mol. The molecule has 0 aromatic heterocycles. The quantitative estimate of drug-likeness (QED) is 0.855. The monoisotopic (exact) mass is 227 g/mol. The van der Waals surface area contributed by atoms with Gasteiger partial charge in [0.2, 0.25) is 0 Å². The minimum absolute atomic E-state index is 0.0513. The van der Waals surface area contributed by atoms with Gasteiger partial charge in [0.05, 0.1) is 6.61 Å². The van der Waals surface area contributed by atoms with Crippen LogP contribution in [0.3, 0.4) is 0 Å². The molecule has 15 heavy (non-hydrogen) atoms. The smallest absolute Gasteiger partial charge is 0.0702 e. The number of hydrogen-bond acceptors (Lipinski definition) is 2. The number of anilines is 1. The van der Waals surface area contributed by atoms with Crippen molar-refractivity contribution in [1.29, 1.82) is 0 Å². The highest BCUT2D eigenvalue weighted by molar-refractivity contribution is 6.30. The van der Waals surface area contributed by atoms with Crippen molar-refractivity contribution >= 4 is 17.3 Å². The van der Waals surface area contributed by atoms with Crippen LogP contribution < -0.4 is 4.90 Å². The lowest BCUT2D eigenvalue weighted by Gasteiger charge is -2.29. The SMILES string of the molecule is CCN(c1cc(Cl)ccc1CO)C(C)C. The third-order valence-corrected chi connectivity index (χ3v) is 2.73. The third-order valence-electron chi connectivity index (χ3n) is 2.49. The van der Waals surface area contributed by atoms with E-state index in [0.717, 1.165) is 17.8 Å². The van der Waals surface area contributed by atoms with Crippen molar-refractivity contribution in [2.45, 2.75) is 33.4 Å². The highest BCUT2D eigenvalue weighted by Crippen LogP contribution is 2.26. The molecule has 0 atom stereocenters. The molecule has 0 fully saturated rings. The van der Waals surface area contributed by atoms with E-state index in [1.807, 2.05) is 18.2 Å². The summed E-state index contributed by atoms with van der Waals surface area (Å²) in [6.45, 7) is 7.32. The van der Waals surface area contributed by atoms with Gasteiger partial charge in [-0.05, 0) is 32.9 Å². The summed E-state index contributed by atoms with van der Waals surface area (Å²) in [6, 6.07) is 6.00. The van der Waals surface area contributed by atoms with Gasteiger partial charge in [0.15, 0.2) is 0 Å². The Labute approximate surface area is 96.5 Å². The van der Waals surface area contributed by atoms with E-state index < -0.39 is 0 Å². The molecule has 1 rings (SSSR count). The molecule has 0 heterocycles. The Morgan fingerprint density at radius 1 is 1.40 bits per heavy atom. The molecule has 1 N–H and O–H groups in total. The van der Waals surface area contributed by atoms with Gasteiger partial charge in [-0.2, -0.15) is 0 Å². The summed E-state index contributed by atoms with van der Waals surface area (Å²) < 4.78 is 0. The maximum atomic E-state index is 9.27. The van der Waals surface area contributed by atoms with E-state index in [1.54, 1.807) is 0 Å². The van der Waals surface area contributed by atoms with Gasteiger partial charge in [0, 0.05) is 28.9 Å². The highest BCUT2D eigenvalue weighted by atomic mass is 35.5. The van der Waals surface area contributed by atoms with Crippen LogP contribution in [0.5, 0.6) is 0 Å². The van der Waals surface area contributed by atoms with Crippen LogP contribution in [0.4, 0.5) is 5.69 Å². The molecule has 0 aliphatic heterocycles. The van der Waals surface area contributed by atoms with E-state index >= 15 is 0 Å². The zero-order valence-electron chi connectivity index (χ0n) is 9.50. The van der Waals surface area contributed by atoms with Gasteiger partial charge in [0.25, 0.3) is 0 Å². The van der Waals surface area contributed by atoms with E-state index in [9.17, 15) is 5.11 Å². The van der Waals surface area contributed by atoms with Gasteiger partial charge in [-0.1, -0.05) is 17.7 Å². The Hall–Kier alpha value is -0.730. The van der Waals surface area contributed by atoms with Crippen molar-refractivity contribution in [2.24, 2.45) is 0 Å². The number of aliphatic hydroxyl groups excluding tert-OH is 1. The molecule has 0 saturated heterocycles. The number of aliphatic hydroxyl groups is 1. The first-order chi connectivity index (χ1) is 7.10. The van der Waals surface area contributed by atoms with Crippen molar-refractivity contribution in [3.05, 3.63) is 28.8 Å². The molecule has 0 amide bonds. The van der Waals surface area contributed by atoms with Crippen molar-refractivity contribution < 1.29 is 5.11 Å². The first kappa shape index (κ1) is 12.3. The van der Waals surface area contributed by atoms with Gasteiger partial charge < -0.3 is 10.0 Å². The predicted octanol–water partition coefficient (Wildman–Crippen LogP) is 3.07. The summed E-state index contributed by atoms with van der Waals surface area (Å²) in [5, 5.41) is 9.98. The molecular formula is C12H18ClNO. The van der Waals surface area contributed by atoms with Crippen LogP contribution in [0.25, 0.3) is 0 Å². The maximum absolute atomic E-state index is 9.27. The average molecular weight is 228 g/mol. The summed E-state index contributed by atoms with van der Waals surface area (Å²) in [4.78, 5) is 2.22. The van der Waals surface area contributed by atoms with Crippen molar-refractivity contribution in [2.75, 3.05) is 11.4 Å². The van der Waals surface area contributed by atoms with Gasteiger partial charge in [-0.3, -0.25) is 0 Å². The van der Waals surface area contributed by atoms with Crippen LogP contribution in [-0.4, -0.2) is 17.7 Å². The second-order valence-corrected chi connectivity index (χ2v) is 4.25. The number of benzene rings is 1. The van der Waals surface area contributed by atoms with Gasteiger partial charge in [-0.15, -0.1) is 0 Å². The average Bonchev–Trinajstić information content (AvgIpc) is 2.18. The molecule has 0 unspecified atom stereocenters.